The number of aromatic amines is 1. The van der Waals surface area contributed by atoms with Crippen molar-refractivity contribution in [3.8, 4) is 11.4 Å². The van der Waals surface area contributed by atoms with E-state index < -0.39 is 0 Å². The van der Waals surface area contributed by atoms with Gasteiger partial charge in [-0.25, -0.2) is 0 Å². The van der Waals surface area contributed by atoms with Gasteiger partial charge in [-0.15, -0.1) is 7.05 Å². The Labute approximate surface area is 262 Å². The Balaban J connectivity index is 0.000000153. The summed E-state index contributed by atoms with van der Waals surface area (Å²) in [5.74, 6) is 0.185. The second-order valence-corrected chi connectivity index (χ2v) is 10.7. The van der Waals surface area contributed by atoms with Crippen LogP contribution >= 0.6 is 0 Å². The number of furan rings is 1. The molecule has 3 aromatic heterocycles. The van der Waals surface area contributed by atoms with E-state index in [2.05, 4.69) is 93.7 Å². The van der Waals surface area contributed by atoms with Crippen molar-refractivity contribution in [1.82, 2.24) is 9.55 Å². The number of hydrogen-bond acceptors (Lipinski definition) is 2. The summed E-state index contributed by atoms with van der Waals surface area (Å²) in [5, 5.41) is 19.7. The number of aromatic nitrogens is 2. The third-order valence-electron chi connectivity index (χ3n) is 8.34. The van der Waals surface area contributed by atoms with Crippen molar-refractivity contribution in [3.05, 3.63) is 126 Å². The van der Waals surface area contributed by atoms with E-state index in [-0.39, 0.29) is 26.8 Å². The van der Waals surface area contributed by atoms with E-state index in [0.717, 1.165) is 29.2 Å². The van der Waals surface area contributed by atoms with Crippen molar-refractivity contribution in [2.45, 2.75) is 12.8 Å². The van der Waals surface area contributed by atoms with Gasteiger partial charge in [0.2, 0.25) is 0 Å². The summed E-state index contributed by atoms with van der Waals surface area (Å²) in [6, 6.07) is 35.2. The van der Waals surface area contributed by atoms with Gasteiger partial charge in [-0.05, 0) is 54.8 Å². The average molecular weight is 730 g/mol. The Morgan fingerprint density at radius 2 is 1.51 bits per heavy atom. The van der Waals surface area contributed by atoms with Crippen LogP contribution in [0.4, 0.5) is 5.69 Å². The molecule has 6 heteroatoms. The molecule has 3 heterocycles. The molecule has 0 radical (unpaired) electrons. The third-order valence-corrected chi connectivity index (χ3v) is 8.34. The number of rotatable bonds is 2. The Kier molecular flexibility index (Phi) is 6.83. The summed E-state index contributed by atoms with van der Waals surface area (Å²) in [5.41, 5.74) is 9.75. The van der Waals surface area contributed by atoms with Gasteiger partial charge < -0.3 is 24.4 Å². The molecule has 1 aliphatic rings. The van der Waals surface area contributed by atoms with E-state index in [4.69, 9.17) is 4.42 Å². The molecule has 0 saturated heterocycles. The first kappa shape index (κ1) is 27.1. The number of fused-ring (bicyclic) bond motifs is 10. The van der Waals surface area contributed by atoms with Crippen LogP contribution in [-0.4, -0.2) is 21.7 Å². The zero-order valence-corrected chi connectivity index (χ0v) is 26.5. The first-order chi connectivity index (χ1) is 20.7. The quantitative estimate of drug-likeness (QED) is 0.186. The molecule has 0 bridgehead atoms. The zero-order chi connectivity index (χ0) is 28.2. The predicted octanol–water partition coefficient (Wildman–Crippen LogP) is 10.1. The molecule has 0 spiro atoms. The Hall–Kier alpha value is -4.73. The Bertz CT molecular complexity index is 2310. The smallest absolute Gasteiger partial charge is 0.139 e. The molecule has 1 aliphatic carbocycles. The molecule has 2 N–H and O–H groups in total. The van der Waals surface area contributed by atoms with Crippen LogP contribution in [0.2, 0.25) is 0 Å². The normalized spacial score (nSPS) is 12.4. The monoisotopic (exact) mass is 730 g/mol. The van der Waals surface area contributed by atoms with Gasteiger partial charge in [0.1, 0.15) is 16.9 Å². The zero-order valence-electron chi connectivity index (χ0n) is 23.5. The molecule has 0 aliphatic heterocycles. The first-order valence-corrected chi connectivity index (χ1v) is 14.2. The molecule has 0 fully saturated rings. The standard InChI is InChI=1S/C24H18N2.C13H10NO2.W/c1-2-8-16(9-3-1)26-22-13-7-5-11-18(22)20-15-14-19-17-10-4-6-12-21(17)25-23(19)24(20)26;1-14-9-6-7-11-12(13(9)15)8-4-2-3-5-10(8)16-11;/h1-3,5-9,11-15,25H,4,10H2;2-7,15H,1H3;/q;-1;. The minimum absolute atomic E-state index is 0. The average Bonchev–Trinajstić information content (AvgIpc) is 3.72. The van der Waals surface area contributed by atoms with Gasteiger partial charge in [-0.3, -0.25) is 0 Å². The molecule has 9 rings (SSSR count). The minimum Gasteiger partial charge on any atom is -0.684 e. The fourth-order valence-corrected chi connectivity index (χ4v) is 6.44. The summed E-state index contributed by atoms with van der Waals surface area (Å²) in [4.78, 5) is 3.72. The van der Waals surface area contributed by atoms with Crippen LogP contribution in [0.15, 0.2) is 114 Å². The fraction of sp³-hybridized carbons (Fsp3) is 0.0811. The van der Waals surface area contributed by atoms with E-state index in [1.807, 2.05) is 30.3 Å². The van der Waals surface area contributed by atoms with E-state index in [9.17, 15) is 5.11 Å². The van der Waals surface area contributed by atoms with Crippen LogP contribution < -0.4 is 0 Å². The van der Waals surface area contributed by atoms with Gasteiger partial charge in [0.05, 0.1) is 21.9 Å². The van der Waals surface area contributed by atoms with Gasteiger partial charge in [-0.2, -0.15) is 0 Å². The van der Waals surface area contributed by atoms with Gasteiger partial charge in [-0.1, -0.05) is 84.6 Å². The maximum absolute atomic E-state index is 10.1. The Morgan fingerprint density at radius 1 is 0.767 bits per heavy atom. The van der Waals surface area contributed by atoms with Gasteiger partial charge in [0, 0.05) is 54.0 Å². The van der Waals surface area contributed by atoms with Gasteiger partial charge in [0.15, 0.2) is 0 Å². The third kappa shape index (κ3) is 4.26. The van der Waals surface area contributed by atoms with E-state index in [1.165, 1.54) is 49.7 Å². The molecular formula is C37H28N3O2W-. The minimum atomic E-state index is 0. The predicted molar refractivity (Wildman–Crippen MR) is 174 cm³/mol. The maximum Gasteiger partial charge on any atom is 0.139 e. The molecule has 5 aromatic carbocycles. The SMILES string of the molecule is C1=Cc2[nH]c3c(ccc4c5ccccc5n(-c5ccccc5)c43)c2CC1.C[N-]c1ccc2oc3ccccc3c2c1O.[W]. The number of allylic oxidation sites excluding steroid dienone is 1. The molecule has 0 atom stereocenters. The number of nitrogens with zero attached hydrogens (tertiary/aromatic N) is 2. The van der Waals surface area contributed by atoms with E-state index in [0.29, 0.717) is 11.3 Å². The molecule has 43 heavy (non-hydrogen) atoms. The van der Waals surface area contributed by atoms with Crippen molar-refractivity contribution in [2.24, 2.45) is 0 Å². The van der Waals surface area contributed by atoms with Crippen molar-refractivity contribution >= 4 is 66.4 Å². The number of H-pyrrole nitrogens is 1. The van der Waals surface area contributed by atoms with Gasteiger partial charge in [0.25, 0.3) is 0 Å². The molecule has 0 unspecified atom stereocenters. The summed E-state index contributed by atoms with van der Waals surface area (Å²) in [7, 11) is 1.66. The summed E-state index contributed by atoms with van der Waals surface area (Å²) in [6.07, 6.45) is 6.74. The summed E-state index contributed by atoms with van der Waals surface area (Å²) < 4.78 is 8.03. The number of phenols is 1. The van der Waals surface area contributed by atoms with Crippen LogP contribution in [0.1, 0.15) is 17.7 Å². The van der Waals surface area contributed by atoms with Gasteiger partial charge >= 0.3 is 0 Å². The van der Waals surface area contributed by atoms with Crippen LogP contribution in [-0.2, 0) is 27.5 Å². The van der Waals surface area contributed by atoms with E-state index in [1.54, 1.807) is 13.1 Å². The van der Waals surface area contributed by atoms with Crippen molar-refractivity contribution in [2.75, 3.05) is 7.05 Å². The second kappa shape index (κ2) is 10.8. The number of aromatic hydroxyl groups is 1. The summed E-state index contributed by atoms with van der Waals surface area (Å²) in [6.45, 7) is 0. The van der Waals surface area contributed by atoms with Crippen LogP contribution in [0, 0.1) is 0 Å². The molecule has 0 amide bonds. The number of hydrogen-bond donors (Lipinski definition) is 2. The summed E-state index contributed by atoms with van der Waals surface area (Å²) >= 11 is 0. The van der Waals surface area contributed by atoms with Crippen molar-refractivity contribution in [1.29, 1.82) is 0 Å². The van der Waals surface area contributed by atoms with E-state index >= 15 is 0 Å². The fourth-order valence-electron chi connectivity index (χ4n) is 6.44. The number of phenolic OH excluding ortho intramolecular Hbond substituents is 1. The first-order valence-electron chi connectivity index (χ1n) is 14.2. The molecule has 0 saturated carbocycles. The molecule has 210 valence electrons. The second-order valence-electron chi connectivity index (χ2n) is 10.7. The number of nitrogens with one attached hydrogen (secondary N) is 1. The van der Waals surface area contributed by atoms with Crippen LogP contribution in [0.5, 0.6) is 5.75 Å². The van der Waals surface area contributed by atoms with Crippen molar-refractivity contribution in [3.63, 3.8) is 0 Å². The number of benzene rings is 5. The molecule has 5 nitrogen and oxygen atoms in total. The topological polar surface area (TPSA) is 68.2 Å². The maximum atomic E-state index is 10.1. The number of aryl methyl sites for hydroxylation is 1. The molecular weight excluding hydrogens is 702 g/mol. The van der Waals surface area contributed by atoms with Crippen LogP contribution in [0.3, 0.4) is 0 Å². The Morgan fingerprint density at radius 3 is 2.35 bits per heavy atom. The number of para-hydroxylation sites is 3. The van der Waals surface area contributed by atoms with Crippen molar-refractivity contribution < 1.29 is 30.6 Å². The van der Waals surface area contributed by atoms with Crippen LogP contribution in [0.25, 0.3) is 71.7 Å². The largest absolute Gasteiger partial charge is 0.684 e. The molecule has 8 aromatic rings.